The van der Waals surface area contributed by atoms with Gasteiger partial charge in [0.25, 0.3) is 0 Å². The molecule has 0 spiro atoms. The van der Waals surface area contributed by atoms with Crippen molar-refractivity contribution in [2.45, 2.75) is 25.4 Å². The first-order valence-corrected chi connectivity index (χ1v) is 6.34. The molecule has 0 bridgehead atoms. The molecule has 1 unspecified atom stereocenters. The second-order valence-electron chi connectivity index (χ2n) is 4.53. The van der Waals surface area contributed by atoms with Crippen molar-refractivity contribution in [3.8, 4) is 0 Å². The summed E-state index contributed by atoms with van der Waals surface area (Å²) in [5.74, 6) is -1.60. The van der Waals surface area contributed by atoms with Gasteiger partial charge in [0.15, 0.2) is 11.6 Å². The van der Waals surface area contributed by atoms with Crippen LogP contribution in [0.4, 0.5) is 8.78 Å². The van der Waals surface area contributed by atoms with Gasteiger partial charge in [-0.2, -0.15) is 0 Å². The fourth-order valence-corrected chi connectivity index (χ4v) is 2.07. The Morgan fingerprint density at radius 3 is 2.42 bits per heavy atom. The number of rotatable bonds is 5. The highest BCUT2D eigenvalue weighted by Crippen LogP contribution is 2.20. The van der Waals surface area contributed by atoms with E-state index in [-0.39, 0.29) is 0 Å². The van der Waals surface area contributed by atoms with Crippen molar-refractivity contribution < 1.29 is 13.9 Å². The van der Waals surface area contributed by atoms with E-state index in [1.807, 2.05) is 30.3 Å². The van der Waals surface area contributed by atoms with Crippen LogP contribution >= 0.6 is 0 Å². The molecule has 0 aliphatic rings. The van der Waals surface area contributed by atoms with Crippen LogP contribution < -0.4 is 0 Å². The van der Waals surface area contributed by atoms with E-state index in [2.05, 4.69) is 0 Å². The molecule has 2 aromatic rings. The van der Waals surface area contributed by atoms with Crippen LogP contribution in [0.3, 0.4) is 0 Å². The normalized spacial score (nSPS) is 12.4. The number of benzene rings is 2. The molecule has 0 fully saturated rings. The van der Waals surface area contributed by atoms with Crippen LogP contribution in [0.15, 0.2) is 48.5 Å². The second-order valence-corrected chi connectivity index (χ2v) is 4.53. The summed E-state index contributed by atoms with van der Waals surface area (Å²) in [4.78, 5) is 0. The third-order valence-corrected chi connectivity index (χ3v) is 3.14. The summed E-state index contributed by atoms with van der Waals surface area (Å²) in [6, 6.07) is 13.5. The van der Waals surface area contributed by atoms with Crippen LogP contribution in [0, 0.1) is 11.6 Å². The van der Waals surface area contributed by atoms with Gasteiger partial charge in [0.2, 0.25) is 0 Å². The van der Waals surface area contributed by atoms with Gasteiger partial charge in [0.05, 0.1) is 6.10 Å². The minimum absolute atomic E-state index is 0.361. The minimum Gasteiger partial charge on any atom is -0.388 e. The summed E-state index contributed by atoms with van der Waals surface area (Å²) in [5, 5.41) is 9.95. The van der Waals surface area contributed by atoms with Crippen molar-refractivity contribution in [3.63, 3.8) is 0 Å². The maximum atomic E-state index is 13.4. The summed E-state index contributed by atoms with van der Waals surface area (Å²) in [6.07, 6.45) is 1.00. The van der Waals surface area contributed by atoms with Crippen LogP contribution in [-0.2, 0) is 6.42 Å². The first-order chi connectivity index (χ1) is 9.18. The third kappa shape index (κ3) is 3.61. The number of hydrogen-bond acceptors (Lipinski definition) is 1. The van der Waals surface area contributed by atoms with Crippen LogP contribution in [0.2, 0.25) is 0 Å². The van der Waals surface area contributed by atoms with Crippen LogP contribution in [0.25, 0.3) is 0 Å². The van der Waals surface area contributed by atoms with E-state index in [0.717, 1.165) is 11.6 Å². The van der Waals surface area contributed by atoms with Gasteiger partial charge < -0.3 is 5.11 Å². The molecule has 0 saturated heterocycles. The van der Waals surface area contributed by atoms with Crippen molar-refractivity contribution >= 4 is 0 Å². The Bertz CT molecular complexity index is 526. The lowest BCUT2D eigenvalue weighted by Gasteiger charge is -2.11. The molecule has 2 rings (SSSR count). The fraction of sp³-hybridized carbons (Fsp3) is 0.250. The molecule has 0 saturated carbocycles. The van der Waals surface area contributed by atoms with Gasteiger partial charge in [-0.15, -0.1) is 0 Å². The number of halogens is 2. The predicted octanol–water partition coefficient (Wildman–Crippen LogP) is 4.02. The topological polar surface area (TPSA) is 20.2 Å². The molecule has 0 aliphatic heterocycles. The lowest BCUT2D eigenvalue weighted by molar-refractivity contribution is 0.164. The Morgan fingerprint density at radius 1 is 0.947 bits per heavy atom. The summed E-state index contributed by atoms with van der Waals surface area (Å²) in [7, 11) is 0. The molecule has 19 heavy (non-hydrogen) atoms. The molecule has 0 radical (unpaired) electrons. The van der Waals surface area contributed by atoms with E-state index in [9.17, 15) is 13.9 Å². The lowest BCUT2D eigenvalue weighted by atomic mass is 10.0. The molecule has 1 nitrogen and oxygen atoms in total. The summed E-state index contributed by atoms with van der Waals surface area (Å²) in [6.45, 7) is 0. The van der Waals surface area contributed by atoms with Crippen molar-refractivity contribution in [1.82, 2.24) is 0 Å². The van der Waals surface area contributed by atoms with Crippen LogP contribution in [0.5, 0.6) is 0 Å². The average Bonchev–Trinajstić information content (AvgIpc) is 2.44. The highest BCUT2D eigenvalue weighted by atomic mass is 19.2. The molecule has 0 heterocycles. The monoisotopic (exact) mass is 262 g/mol. The Kier molecular flexibility index (Phi) is 4.63. The zero-order valence-electron chi connectivity index (χ0n) is 10.5. The molecule has 0 amide bonds. The van der Waals surface area contributed by atoms with Gasteiger partial charge >= 0.3 is 0 Å². The molecule has 2 aromatic carbocycles. The van der Waals surface area contributed by atoms with E-state index >= 15 is 0 Å². The molecule has 1 atom stereocenters. The van der Waals surface area contributed by atoms with Crippen LogP contribution in [0.1, 0.15) is 30.1 Å². The number of aryl methyl sites for hydroxylation is 1. The van der Waals surface area contributed by atoms with Gasteiger partial charge in [-0.25, -0.2) is 8.78 Å². The highest BCUT2D eigenvalue weighted by Gasteiger charge is 2.10. The Hall–Kier alpha value is -1.74. The van der Waals surface area contributed by atoms with Crippen molar-refractivity contribution in [1.29, 1.82) is 0 Å². The molecular formula is C16H16F2O. The second kappa shape index (κ2) is 6.43. The number of aliphatic hydroxyl groups excluding tert-OH is 1. The molecule has 100 valence electrons. The largest absolute Gasteiger partial charge is 0.388 e. The SMILES string of the molecule is OC(CCCc1cccc(F)c1F)c1ccccc1. The van der Waals surface area contributed by atoms with Gasteiger partial charge in [0.1, 0.15) is 0 Å². The van der Waals surface area contributed by atoms with Gasteiger partial charge in [-0.3, -0.25) is 0 Å². The standard InChI is InChI=1S/C16H16F2O/c17-14-10-4-8-13(16(14)18)9-5-11-15(19)12-6-2-1-3-7-12/h1-4,6-8,10,15,19H,5,9,11H2. The molecule has 1 N–H and O–H groups in total. The lowest BCUT2D eigenvalue weighted by Crippen LogP contribution is -2.00. The smallest absolute Gasteiger partial charge is 0.162 e. The quantitative estimate of drug-likeness (QED) is 0.862. The molecule has 0 aromatic heterocycles. The molecule has 3 heteroatoms. The average molecular weight is 262 g/mol. The Balaban J connectivity index is 1.88. The zero-order valence-corrected chi connectivity index (χ0v) is 10.5. The first kappa shape index (κ1) is 13.7. The van der Waals surface area contributed by atoms with E-state index in [1.54, 1.807) is 6.07 Å². The number of hydrogen-bond donors (Lipinski definition) is 1. The van der Waals surface area contributed by atoms with Gasteiger partial charge in [0, 0.05) is 0 Å². The van der Waals surface area contributed by atoms with Crippen molar-refractivity contribution in [3.05, 3.63) is 71.3 Å². The molecular weight excluding hydrogens is 246 g/mol. The van der Waals surface area contributed by atoms with E-state index in [1.165, 1.54) is 6.07 Å². The summed E-state index contributed by atoms with van der Waals surface area (Å²) < 4.78 is 26.4. The minimum atomic E-state index is -0.818. The zero-order chi connectivity index (χ0) is 13.7. The van der Waals surface area contributed by atoms with Crippen LogP contribution in [-0.4, -0.2) is 5.11 Å². The Morgan fingerprint density at radius 2 is 1.68 bits per heavy atom. The first-order valence-electron chi connectivity index (χ1n) is 6.34. The van der Waals surface area contributed by atoms with Crippen molar-refractivity contribution in [2.24, 2.45) is 0 Å². The highest BCUT2D eigenvalue weighted by molar-refractivity contribution is 5.20. The van der Waals surface area contributed by atoms with Gasteiger partial charge in [-0.1, -0.05) is 42.5 Å². The number of aliphatic hydroxyl groups is 1. The fourth-order valence-electron chi connectivity index (χ4n) is 2.07. The van der Waals surface area contributed by atoms with E-state index in [0.29, 0.717) is 24.8 Å². The van der Waals surface area contributed by atoms with E-state index < -0.39 is 17.7 Å². The van der Waals surface area contributed by atoms with Crippen molar-refractivity contribution in [2.75, 3.05) is 0 Å². The third-order valence-electron chi connectivity index (χ3n) is 3.14. The molecule has 0 aliphatic carbocycles. The van der Waals surface area contributed by atoms with Gasteiger partial charge in [-0.05, 0) is 36.5 Å². The summed E-state index contributed by atoms with van der Waals surface area (Å²) in [5.41, 5.74) is 1.21. The Labute approximate surface area is 111 Å². The maximum absolute atomic E-state index is 13.4. The maximum Gasteiger partial charge on any atom is 0.162 e. The summed E-state index contributed by atoms with van der Waals surface area (Å²) >= 11 is 0. The predicted molar refractivity (Wildman–Crippen MR) is 70.7 cm³/mol. The van der Waals surface area contributed by atoms with E-state index in [4.69, 9.17) is 0 Å².